The van der Waals surface area contributed by atoms with Crippen molar-refractivity contribution in [2.75, 3.05) is 32.7 Å². The van der Waals surface area contributed by atoms with Gasteiger partial charge in [-0.2, -0.15) is 0 Å². The lowest BCUT2D eigenvalue weighted by Crippen LogP contribution is -2.39. The second kappa shape index (κ2) is 14.4. The smallest absolute Gasteiger partial charge is 0.405 e. The van der Waals surface area contributed by atoms with Crippen molar-refractivity contribution in [1.82, 2.24) is 15.5 Å². The highest BCUT2D eigenvalue weighted by Gasteiger charge is 2.31. The second-order valence-electron chi connectivity index (χ2n) is 7.50. The molecule has 1 saturated heterocycles. The molecule has 1 aromatic carbocycles. The van der Waals surface area contributed by atoms with E-state index in [-0.39, 0.29) is 48.1 Å². The zero-order valence-corrected chi connectivity index (χ0v) is 20.6. The SMILES string of the molecule is CCNC(=NCc1ccccc1OC(F)(F)F)NCCCCN1CCC(C(N)=O)CC1.I. The number of rotatable bonds is 10. The van der Waals surface area contributed by atoms with Crippen LogP contribution in [0.15, 0.2) is 29.3 Å². The Hall–Kier alpha value is -1.76. The van der Waals surface area contributed by atoms with Gasteiger partial charge in [0.15, 0.2) is 5.96 Å². The fraction of sp³-hybridized carbons (Fsp3) is 0.619. The van der Waals surface area contributed by atoms with E-state index in [0.29, 0.717) is 24.6 Å². The summed E-state index contributed by atoms with van der Waals surface area (Å²) in [6.45, 7) is 6.08. The molecule has 1 fully saturated rings. The maximum Gasteiger partial charge on any atom is 0.573 e. The van der Waals surface area contributed by atoms with Gasteiger partial charge in [-0.05, 0) is 58.3 Å². The van der Waals surface area contributed by atoms with E-state index in [1.807, 2.05) is 6.92 Å². The van der Waals surface area contributed by atoms with Gasteiger partial charge in [-0.15, -0.1) is 37.1 Å². The minimum atomic E-state index is -4.74. The van der Waals surface area contributed by atoms with Crippen molar-refractivity contribution in [3.05, 3.63) is 29.8 Å². The minimum Gasteiger partial charge on any atom is -0.405 e. The maximum atomic E-state index is 12.6. The first-order chi connectivity index (χ1) is 14.8. The second-order valence-corrected chi connectivity index (χ2v) is 7.50. The predicted molar refractivity (Wildman–Crippen MR) is 129 cm³/mol. The number of ether oxygens (including phenoxy) is 1. The quantitative estimate of drug-likeness (QED) is 0.174. The van der Waals surface area contributed by atoms with Crippen LogP contribution in [0.5, 0.6) is 5.75 Å². The highest BCUT2D eigenvalue weighted by molar-refractivity contribution is 14.0. The van der Waals surface area contributed by atoms with Gasteiger partial charge in [-0.25, -0.2) is 4.99 Å². The molecule has 1 aromatic rings. The molecule has 0 aliphatic carbocycles. The number of nitrogens with zero attached hydrogens (tertiary/aromatic N) is 2. The van der Waals surface area contributed by atoms with Gasteiger partial charge in [0.1, 0.15) is 5.75 Å². The molecule has 1 aliphatic heterocycles. The molecular formula is C21H33F3IN5O2. The summed E-state index contributed by atoms with van der Waals surface area (Å²) in [6.07, 6.45) is -1.17. The molecule has 11 heteroatoms. The number of primary amides is 1. The van der Waals surface area contributed by atoms with E-state index in [2.05, 4.69) is 25.3 Å². The van der Waals surface area contributed by atoms with Crippen molar-refractivity contribution in [2.24, 2.45) is 16.6 Å². The monoisotopic (exact) mass is 571 g/mol. The van der Waals surface area contributed by atoms with Crippen LogP contribution in [0.4, 0.5) is 13.2 Å². The third kappa shape index (κ3) is 10.7. The topological polar surface area (TPSA) is 92.0 Å². The lowest BCUT2D eigenvalue weighted by atomic mass is 9.96. The fourth-order valence-corrected chi connectivity index (χ4v) is 3.47. The lowest BCUT2D eigenvalue weighted by Gasteiger charge is -2.30. The zero-order valence-electron chi connectivity index (χ0n) is 18.3. The van der Waals surface area contributed by atoms with Gasteiger partial charge in [0, 0.05) is 24.6 Å². The van der Waals surface area contributed by atoms with Crippen molar-refractivity contribution in [2.45, 2.75) is 45.5 Å². The Kier molecular flexibility index (Phi) is 12.7. The molecule has 1 amide bonds. The minimum absolute atomic E-state index is 0. The summed E-state index contributed by atoms with van der Waals surface area (Å²) in [5, 5.41) is 6.31. The Bertz CT molecular complexity index is 726. The van der Waals surface area contributed by atoms with Crippen LogP contribution < -0.4 is 21.1 Å². The third-order valence-corrected chi connectivity index (χ3v) is 5.13. The van der Waals surface area contributed by atoms with Crippen molar-refractivity contribution >= 4 is 35.8 Å². The number of halogens is 4. The summed E-state index contributed by atoms with van der Waals surface area (Å²) < 4.78 is 41.8. The first-order valence-electron chi connectivity index (χ1n) is 10.7. The number of para-hydroxylation sites is 1. The Morgan fingerprint density at radius 3 is 2.53 bits per heavy atom. The van der Waals surface area contributed by atoms with Crippen LogP contribution >= 0.6 is 24.0 Å². The van der Waals surface area contributed by atoms with Crippen molar-refractivity contribution < 1.29 is 22.7 Å². The molecule has 0 aromatic heterocycles. The molecule has 32 heavy (non-hydrogen) atoms. The van der Waals surface area contributed by atoms with Crippen molar-refractivity contribution in [1.29, 1.82) is 0 Å². The molecule has 0 spiro atoms. The number of guanidine groups is 1. The molecule has 0 radical (unpaired) electrons. The third-order valence-electron chi connectivity index (χ3n) is 5.13. The number of amides is 1. The summed E-state index contributed by atoms with van der Waals surface area (Å²) in [5.74, 6) is 0.108. The summed E-state index contributed by atoms with van der Waals surface area (Å²) >= 11 is 0. The standard InChI is InChI=1S/C21H32F3N5O2.HI/c1-2-26-20(28-15-17-7-3-4-8-18(17)31-21(22,23)24)27-11-5-6-12-29-13-9-16(10-14-29)19(25)30;/h3-4,7-8,16H,2,5-6,9-15H2,1H3,(H2,25,30)(H2,26,27,28);1H. The van der Waals surface area contributed by atoms with E-state index in [0.717, 1.165) is 45.3 Å². The van der Waals surface area contributed by atoms with Gasteiger partial charge in [-0.1, -0.05) is 18.2 Å². The largest absolute Gasteiger partial charge is 0.573 e. The fourth-order valence-electron chi connectivity index (χ4n) is 3.47. The van der Waals surface area contributed by atoms with E-state index >= 15 is 0 Å². The van der Waals surface area contributed by atoms with Gasteiger partial charge >= 0.3 is 6.36 Å². The molecular weight excluding hydrogens is 538 g/mol. The van der Waals surface area contributed by atoms with Gasteiger partial charge < -0.3 is 26.0 Å². The highest BCUT2D eigenvalue weighted by Crippen LogP contribution is 2.26. The lowest BCUT2D eigenvalue weighted by molar-refractivity contribution is -0.274. The molecule has 7 nitrogen and oxygen atoms in total. The first kappa shape index (κ1) is 28.3. The number of carbonyl (C=O) groups is 1. The van der Waals surface area contributed by atoms with E-state index in [4.69, 9.17) is 5.73 Å². The number of nitrogens with one attached hydrogen (secondary N) is 2. The molecule has 0 atom stereocenters. The Labute approximate surface area is 204 Å². The number of carbonyl (C=O) groups excluding carboxylic acids is 1. The molecule has 1 aliphatic rings. The molecule has 0 unspecified atom stereocenters. The predicted octanol–water partition coefficient (Wildman–Crippen LogP) is 3.24. The van der Waals surface area contributed by atoms with Crippen LogP contribution in [0, 0.1) is 5.92 Å². The van der Waals surface area contributed by atoms with Crippen LogP contribution in [-0.2, 0) is 11.3 Å². The summed E-state index contributed by atoms with van der Waals surface area (Å²) in [5.41, 5.74) is 5.72. The maximum absolute atomic E-state index is 12.6. The van der Waals surface area contributed by atoms with Gasteiger partial charge in [0.05, 0.1) is 6.54 Å². The number of unbranched alkanes of at least 4 members (excludes halogenated alkanes) is 1. The van der Waals surface area contributed by atoms with Gasteiger partial charge in [0.25, 0.3) is 0 Å². The van der Waals surface area contributed by atoms with E-state index in [9.17, 15) is 18.0 Å². The number of nitrogens with two attached hydrogens (primary N) is 1. The molecule has 0 bridgehead atoms. The van der Waals surface area contributed by atoms with Crippen LogP contribution in [0.2, 0.25) is 0 Å². The average Bonchev–Trinajstić information content (AvgIpc) is 2.72. The summed E-state index contributed by atoms with van der Waals surface area (Å²) in [7, 11) is 0. The van der Waals surface area contributed by atoms with Crippen LogP contribution in [0.1, 0.15) is 38.2 Å². The number of aliphatic imine (C=N–C) groups is 1. The number of benzene rings is 1. The Balaban J connectivity index is 0.00000512. The van der Waals surface area contributed by atoms with Crippen molar-refractivity contribution in [3.8, 4) is 5.75 Å². The van der Waals surface area contributed by atoms with E-state index in [1.165, 1.54) is 12.1 Å². The zero-order chi connectivity index (χ0) is 22.7. The highest BCUT2D eigenvalue weighted by atomic mass is 127. The van der Waals surface area contributed by atoms with Crippen LogP contribution in [-0.4, -0.2) is 55.9 Å². The Morgan fingerprint density at radius 1 is 1.22 bits per heavy atom. The Morgan fingerprint density at radius 2 is 1.91 bits per heavy atom. The molecule has 0 saturated carbocycles. The van der Waals surface area contributed by atoms with Gasteiger partial charge in [-0.3, -0.25) is 4.79 Å². The van der Waals surface area contributed by atoms with Crippen LogP contribution in [0.25, 0.3) is 0 Å². The normalized spacial score (nSPS) is 15.7. The number of hydrogen-bond donors (Lipinski definition) is 3. The summed E-state index contributed by atoms with van der Waals surface area (Å²) in [6, 6.07) is 6.00. The van der Waals surface area contributed by atoms with E-state index in [1.54, 1.807) is 12.1 Å². The van der Waals surface area contributed by atoms with E-state index < -0.39 is 6.36 Å². The van der Waals surface area contributed by atoms with Gasteiger partial charge in [0.2, 0.25) is 5.91 Å². The molecule has 1 heterocycles. The number of hydrogen-bond acceptors (Lipinski definition) is 4. The molecule has 182 valence electrons. The van der Waals surface area contributed by atoms with Crippen LogP contribution in [0.3, 0.4) is 0 Å². The number of likely N-dealkylation sites (tertiary alicyclic amines) is 1. The van der Waals surface area contributed by atoms with Crippen molar-refractivity contribution in [3.63, 3.8) is 0 Å². The number of piperidine rings is 1. The average molecular weight is 571 g/mol. The summed E-state index contributed by atoms with van der Waals surface area (Å²) in [4.78, 5) is 17.9. The number of alkyl halides is 3. The molecule has 2 rings (SSSR count). The first-order valence-corrected chi connectivity index (χ1v) is 10.7. The molecule has 4 N–H and O–H groups in total.